The third-order valence-corrected chi connectivity index (χ3v) is 1.99. The van der Waals surface area contributed by atoms with Gasteiger partial charge in [0.15, 0.2) is 0 Å². The van der Waals surface area contributed by atoms with Crippen LogP contribution in [0.25, 0.3) is 0 Å². The van der Waals surface area contributed by atoms with Crippen LogP contribution in [0.2, 0.25) is 0 Å². The summed E-state index contributed by atoms with van der Waals surface area (Å²) in [6.45, 7) is 2.79. The minimum absolute atomic E-state index is 0.232. The molecule has 3 N–H and O–H groups in total. The maximum absolute atomic E-state index is 11.1. The van der Waals surface area contributed by atoms with Crippen molar-refractivity contribution in [3.05, 3.63) is 35.4 Å². The summed E-state index contributed by atoms with van der Waals surface area (Å²) in [4.78, 5) is 21.7. The average molecular weight is 222 g/mol. The molecule has 0 bridgehead atoms. The molecule has 0 spiro atoms. The van der Waals surface area contributed by atoms with Crippen LogP contribution in [0, 0.1) is 0 Å². The van der Waals surface area contributed by atoms with Gasteiger partial charge in [-0.05, 0) is 24.6 Å². The fourth-order valence-electron chi connectivity index (χ4n) is 1.17. The van der Waals surface area contributed by atoms with Crippen molar-refractivity contribution >= 4 is 12.0 Å². The molecule has 5 heteroatoms. The molecule has 0 fully saturated rings. The predicted octanol–water partition coefficient (Wildman–Crippen LogP) is 1.20. The molecule has 16 heavy (non-hydrogen) atoms. The number of nitrogens with one attached hydrogen (secondary N) is 2. The molecule has 0 unspecified atom stereocenters. The zero-order valence-electron chi connectivity index (χ0n) is 8.99. The first-order valence-electron chi connectivity index (χ1n) is 4.97. The molecule has 0 saturated heterocycles. The van der Waals surface area contributed by atoms with Crippen molar-refractivity contribution in [1.29, 1.82) is 0 Å². The van der Waals surface area contributed by atoms with Gasteiger partial charge in [-0.2, -0.15) is 0 Å². The zero-order chi connectivity index (χ0) is 12.0. The number of benzene rings is 1. The largest absolute Gasteiger partial charge is 0.478 e. The van der Waals surface area contributed by atoms with E-state index in [1.165, 1.54) is 12.1 Å². The molecule has 0 heterocycles. The van der Waals surface area contributed by atoms with Crippen molar-refractivity contribution in [1.82, 2.24) is 10.6 Å². The normalized spacial score (nSPS) is 9.56. The van der Waals surface area contributed by atoms with Crippen LogP contribution in [-0.4, -0.2) is 23.7 Å². The smallest absolute Gasteiger partial charge is 0.335 e. The van der Waals surface area contributed by atoms with Crippen LogP contribution in [0.15, 0.2) is 24.3 Å². The van der Waals surface area contributed by atoms with E-state index < -0.39 is 5.97 Å². The summed E-state index contributed by atoms with van der Waals surface area (Å²) in [5, 5.41) is 13.9. The van der Waals surface area contributed by atoms with Gasteiger partial charge < -0.3 is 15.7 Å². The molecular formula is C11H14N2O3. The highest BCUT2D eigenvalue weighted by molar-refractivity contribution is 5.87. The summed E-state index contributed by atoms with van der Waals surface area (Å²) in [6, 6.07) is 6.14. The Kier molecular flexibility index (Phi) is 4.32. The third-order valence-electron chi connectivity index (χ3n) is 1.99. The molecule has 0 aliphatic heterocycles. The van der Waals surface area contributed by atoms with Crippen LogP contribution in [0.5, 0.6) is 0 Å². The van der Waals surface area contributed by atoms with Gasteiger partial charge in [0.2, 0.25) is 0 Å². The Labute approximate surface area is 93.5 Å². The maximum atomic E-state index is 11.1. The van der Waals surface area contributed by atoms with E-state index in [0.29, 0.717) is 13.1 Å². The van der Waals surface area contributed by atoms with Crippen LogP contribution in [0.1, 0.15) is 22.8 Å². The summed E-state index contributed by atoms with van der Waals surface area (Å²) in [5.74, 6) is -0.955. The molecular weight excluding hydrogens is 208 g/mol. The predicted molar refractivity (Wildman–Crippen MR) is 59.3 cm³/mol. The van der Waals surface area contributed by atoms with Gasteiger partial charge in [0.05, 0.1) is 5.56 Å². The molecule has 0 saturated carbocycles. The number of carbonyl (C=O) groups excluding carboxylic acids is 1. The molecule has 1 aromatic carbocycles. The van der Waals surface area contributed by atoms with Crippen molar-refractivity contribution in [2.75, 3.05) is 6.54 Å². The number of aromatic carboxylic acids is 1. The van der Waals surface area contributed by atoms with Gasteiger partial charge in [-0.1, -0.05) is 12.1 Å². The molecule has 0 radical (unpaired) electrons. The van der Waals surface area contributed by atoms with Crippen molar-refractivity contribution in [3.8, 4) is 0 Å². The lowest BCUT2D eigenvalue weighted by Crippen LogP contribution is -2.34. The van der Waals surface area contributed by atoms with Crippen LogP contribution in [0.3, 0.4) is 0 Å². The molecule has 1 rings (SSSR count). The number of carboxylic acid groups (broad SMARTS) is 1. The molecule has 0 aromatic heterocycles. The number of rotatable bonds is 4. The van der Waals surface area contributed by atoms with Gasteiger partial charge in [-0.3, -0.25) is 0 Å². The average Bonchev–Trinajstić information content (AvgIpc) is 2.27. The summed E-state index contributed by atoms with van der Waals surface area (Å²) in [7, 11) is 0. The minimum atomic E-state index is -0.955. The van der Waals surface area contributed by atoms with Crippen LogP contribution in [0.4, 0.5) is 4.79 Å². The number of hydrogen-bond donors (Lipinski definition) is 3. The van der Waals surface area contributed by atoms with Crippen molar-refractivity contribution in [2.45, 2.75) is 13.5 Å². The number of carboxylic acids is 1. The van der Waals surface area contributed by atoms with Gasteiger partial charge in [0.1, 0.15) is 0 Å². The van der Waals surface area contributed by atoms with Crippen molar-refractivity contribution in [3.63, 3.8) is 0 Å². The van der Waals surface area contributed by atoms with E-state index in [1.807, 2.05) is 6.92 Å². The van der Waals surface area contributed by atoms with Gasteiger partial charge in [0, 0.05) is 13.1 Å². The van der Waals surface area contributed by atoms with E-state index in [0.717, 1.165) is 5.56 Å². The third kappa shape index (κ3) is 3.61. The Bertz CT molecular complexity index is 373. The lowest BCUT2D eigenvalue weighted by molar-refractivity contribution is 0.0697. The molecule has 0 aliphatic carbocycles. The lowest BCUT2D eigenvalue weighted by Gasteiger charge is -2.05. The molecule has 2 amide bonds. The van der Waals surface area contributed by atoms with E-state index in [2.05, 4.69) is 10.6 Å². The standard InChI is InChI=1S/C11H14N2O3/c1-2-12-11(16)13-7-8-3-5-9(6-4-8)10(14)15/h3-6H,2,7H2,1H3,(H,14,15)(H2,12,13,16). The number of carbonyl (C=O) groups is 2. The second-order valence-corrected chi connectivity index (χ2v) is 3.22. The highest BCUT2D eigenvalue weighted by Crippen LogP contribution is 2.03. The molecule has 0 atom stereocenters. The highest BCUT2D eigenvalue weighted by Gasteiger charge is 2.02. The van der Waals surface area contributed by atoms with E-state index >= 15 is 0 Å². The fraction of sp³-hybridized carbons (Fsp3) is 0.273. The highest BCUT2D eigenvalue weighted by atomic mass is 16.4. The van der Waals surface area contributed by atoms with Gasteiger partial charge in [-0.25, -0.2) is 9.59 Å². The SMILES string of the molecule is CCNC(=O)NCc1ccc(C(=O)O)cc1. The Morgan fingerprint density at radius 3 is 2.31 bits per heavy atom. The number of amides is 2. The Morgan fingerprint density at radius 2 is 1.81 bits per heavy atom. The zero-order valence-corrected chi connectivity index (χ0v) is 8.99. The Morgan fingerprint density at radius 1 is 1.19 bits per heavy atom. The van der Waals surface area contributed by atoms with Gasteiger partial charge in [-0.15, -0.1) is 0 Å². The second-order valence-electron chi connectivity index (χ2n) is 3.22. The number of hydrogen-bond acceptors (Lipinski definition) is 2. The molecule has 5 nitrogen and oxygen atoms in total. The first-order valence-corrected chi connectivity index (χ1v) is 4.97. The van der Waals surface area contributed by atoms with Crippen LogP contribution in [-0.2, 0) is 6.54 Å². The summed E-state index contributed by atoms with van der Waals surface area (Å²) in [6.07, 6.45) is 0. The topological polar surface area (TPSA) is 78.4 Å². The fourth-order valence-corrected chi connectivity index (χ4v) is 1.17. The first kappa shape index (κ1) is 12.0. The van der Waals surface area contributed by atoms with Crippen molar-refractivity contribution < 1.29 is 14.7 Å². The van der Waals surface area contributed by atoms with E-state index in [1.54, 1.807) is 12.1 Å². The maximum Gasteiger partial charge on any atom is 0.335 e. The summed E-state index contributed by atoms with van der Waals surface area (Å²) in [5.41, 5.74) is 1.10. The minimum Gasteiger partial charge on any atom is -0.478 e. The lowest BCUT2D eigenvalue weighted by atomic mass is 10.1. The molecule has 86 valence electrons. The Balaban J connectivity index is 2.49. The van der Waals surface area contributed by atoms with Gasteiger partial charge in [0.25, 0.3) is 0 Å². The van der Waals surface area contributed by atoms with E-state index in [9.17, 15) is 9.59 Å². The Hall–Kier alpha value is -2.04. The first-order chi connectivity index (χ1) is 7.63. The van der Waals surface area contributed by atoms with E-state index in [-0.39, 0.29) is 11.6 Å². The summed E-state index contributed by atoms with van der Waals surface area (Å²) < 4.78 is 0. The van der Waals surface area contributed by atoms with Crippen molar-refractivity contribution in [2.24, 2.45) is 0 Å². The second kappa shape index (κ2) is 5.75. The van der Waals surface area contributed by atoms with Gasteiger partial charge >= 0.3 is 12.0 Å². The molecule has 1 aromatic rings. The molecule has 0 aliphatic rings. The van der Waals surface area contributed by atoms with Crippen LogP contribution < -0.4 is 10.6 Å². The quantitative estimate of drug-likeness (QED) is 0.716. The number of urea groups is 1. The monoisotopic (exact) mass is 222 g/mol. The summed E-state index contributed by atoms with van der Waals surface area (Å²) >= 11 is 0. The van der Waals surface area contributed by atoms with Crippen LogP contribution >= 0.6 is 0 Å². The van der Waals surface area contributed by atoms with E-state index in [4.69, 9.17) is 5.11 Å².